The third kappa shape index (κ3) is 3.91. The van der Waals surface area contributed by atoms with Gasteiger partial charge in [-0.1, -0.05) is 24.3 Å². The number of imide groups is 1. The van der Waals surface area contributed by atoms with Crippen LogP contribution in [-0.4, -0.2) is 22.7 Å². The van der Waals surface area contributed by atoms with Crippen molar-refractivity contribution in [3.05, 3.63) is 84.2 Å². The van der Waals surface area contributed by atoms with Crippen molar-refractivity contribution in [2.45, 2.75) is 19.4 Å². The van der Waals surface area contributed by atoms with E-state index in [-0.39, 0.29) is 30.6 Å². The molecule has 0 radical (unpaired) electrons. The molecule has 1 aliphatic heterocycles. The highest BCUT2D eigenvalue weighted by Crippen LogP contribution is 2.24. The Labute approximate surface area is 168 Å². The first-order valence-corrected chi connectivity index (χ1v) is 9.36. The lowest BCUT2D eigenvalue weighted by atomic mass is 10.0. The molecule has 29 heavy (non-hydrogen) atoms. The number of benzene rings is 2. The van der Waals surface area contributed by atoms with Gasteiger partial charge in [-0.25, -0.2) is 0 Å². The Morgan fingerprint density at radius 1 is 0.897 bits per heavy atom. The van der Waals surface area contributed by atoms with Crippen LogP contribution >= 0.6 is 0 Å². The predicted octanol–water partition coefficient (Wildman–Crippen LogP) is 3.33. The number of rotatable bonds is 5. The highest BCUT2D eigenvalue weighted by molar-refractivity contribution is 6.19. The van der Waals surface area contributed by atoms with Crippen molar-refractivity contribution in [3.63, 3.8) is 0 Å². The average Bonchev–Trinajstić information content (AvgIpc) is 3.11. The van der Waals surface area contributed by atoms with Gasteiger partial charge in [0.1, 0.15) is 0 Å². The van der Waals surface area contributed by atoms with Crippen LogP contribution < -0.4 is 10.2 Å². The van der Waals surface area contributed by atoms with E-state index in [1.807, 2.05) is 36.4 Å². The summed E-state index contributed by atoms with van der Waals surface area (Å²) in [7, 11) is 0. The summed E-state index contributed by atoms with van der Waals surface area (Å²) in [5.41, 5.74) is 4.04. The topological polar surface area (TPSA) is 79.4 Å². The van der Waals surface area contributed by atoms with Gasteiger partial charge in [0.2, 0.25) is 11.8 Å². The van der Waals surface area contributed by atoms with Crippen molar-refractivity contribution in [2.75, 3.05) is 4.90 Å². The SMILES string of the molecule is O=C(NCc1ccccc1-c1ccncc1)c1ccc(N2C(=O)CCC2=O)cc1. The molecule has 6 heteroatoms. The monoisotopic (exact) mass is 385 g/mol. The summed E-state index contributed by atoms with van der Waals surface area (Å²) >= 11 is 0. The molecule has 144 valence electrons. The number of anilines is 1. The van der Waals surface area contributed by atoms with Gasteiger partial charge in [0.15, 0.2) is 0 Å². The zero-order valence-electron chi connectivity index (χ0n) is 15.7. The van der Waals surface area contributed by atoms with E-state index in [0.717, 1.165) is 16.7 Å². The first-order chi connectivity index (χ1) is 14.1. The molecule has 3 amide bonds. The molecule has 0 saturated carbocycles. The maximum atomic E-state index is 12.6. The quantitative estimate of drug-likeness (QED) is 0.683. The molecule has 1 aliphatic rings. The number of nitrogens with zero attached hydrogens (tertiary/aromatic N) is 2. The fraction of sp³-hybridized carbons (Fsp3) is 0.130. The molecule has 1 N–H and O–H groups in total. The van der Waals surface area contributed by atoms with E-state index in [4.69, 9.17) is 0 Å². The van der Waals surface area contributed by atoms with Gasteiger partial charge in [-0.3, -0.25) is 24.3 Å². The standard InChI is InChI=1S/C23H19N3O3/c27-21-9-10-22(28)26(21)19-7-5-17(6-8-19)23(29)25-15-18-3-1-2-4-20(18)16-11-13-24-14-12-16/h1-8,11-14H,9-10,15H2,(H,25,29). The van der Waals surface area contributed by atoms with Gasteiger partial charge in [-0.2, -0.15) is 0 Å². The Morgan fingerprint density at radius 3 is 2.24 bits per heavy atom. The molecule has 2 heterocycles. The summed E-state index contributed by atoms with van der Waals surface area (Å²) in [5, 5.41) is 2.93. The van der Waals surface area contributed by atoms with Crippen LogP contribution in [0.5, 0.6) is 0 Å². The normalized spacial score (nSPS) is 13.6. The van der Waals surface area contributed by atoms with E-state index >= 15 is 0 Å². The minimum absolute atomic E-state index is 0.208. The van der Waals surface area contributed by atoms with Crippen LogP contribution in [0.1, 0.15) is 28.8 Å². The van der Waals surface area contributed by atoms with E-state index in [2.05, 4.69) is 10.3 Å². The molecule has 0 aliphatic carbocycles. The second-order valence-corrected chi connectivity index (χ2v) is 6.75. The van der Waals surface area contributed by atoms with E-state index in [0.29, 0.717) is 17.8 Å². The first kappa shape index (κ1) is 18.6. The number of carbonyl (C=O) groups excluding carboxylic acids is 3. The number of amides is 3. The van der Waals surface area contributed by atoms with Gasteiger partial charge in [-0.15, -0.1) is 0 Å². The zero-order chi connectivity index (χ0) is 20.2. The smallest absolute Gasteiger partial charge is 0.251 e. The van der Waals surface area contributed by atoms with Crippen LogP contribution in [0.25, 0.3) is 11.1 Å². The zero-order valence-corrected chi connectivity index (χ0v) is 15.7. The second kappa shape index (κ2) is 8.06. The lowest BCUT2D eigenvalue weighted by Crippen LogP contribution is -2.28. The molecule has 1 saturated heterocycles. The summed E-state index contributed by atoms with van der Waals surface area (Å²) in [6.45, 7) is 0.377. The summed E-state index contributed by atoms with van der Waals surface area (Å²) in [4.78, 5) is 41.4. The Kier molecular flexibility index (Phi) is 5.16. The largest absolute Gasteiger partial charge is 0.348 e. The average molecular weight is 385 g/mol. The summed E-state index contributed by atoms with van der Waals surface area (Å²) in [6.07, 6.45) is 3.94. The maximum absolute atomic E-state index is 12.6. The Hall–Kier alpha value is -3.80. The van der Waals surface area contributed by atoms with Crippen LogP contribution in [0.3, 0.4) is 0 Å². The number of carbonyl (C=O) groups is 3. The van der Waals surface area contributed by atoms with Crippen LogP contribution in [0, 0.1) is 0 Å². The Balaban J connectivity index is 1.46. The van der Waals surface area contributed by atoms with Gasteiger partial charge >= 0.3 is 0 Å². The molecule has 0 spiro atoms. The van der Waals surface area contributed by atoms with Crippen molar-refractivity contribution in [2.24, 2.45) is 0 Å². The van der Waals surface area contributed by atoms with Crippen LogP contribution in [0.4, 0.5) is 5.69 Å². The van der Waals surface area contributed by atoms with E-state index in [1.165, 1.54) is 4.90 Å². The van der Waals surface area contributed by atoms with Gasteiger partial charge < -0.3 is 5.32 Å². The highest BCUT2D eigenvalue weighted by atomic mass is 16.2. The Morgan fingerprint density at radius 2 is 1.55 bits per heavy atom. The minimum atomic E-state index is -0.222. The second-order valence-electron chi connectivity index (χ2n) is 6.75. The number of aromatic nitrogens is 1. The number of hydrogen-bond donors (Lipinski definition) is 1. The number of nitrogens with one attached hydrogen (secondary N) is 1. The first-order valence-electron chi connectivity index (χ1n) is 9.36. The van der Waals surface area contributed by atoms with Gasteiger partial charge in [0.25, 0.3) is 5.91 Å². The van der Waals surface area contributed by atoms with E-state index in [9.17, 15) is 14.4 Å². The van der Waals surface area contributed by atoms with Gasteiger partial charge in [0, 0.05) is 37.3 Å². The predicted molar refractivity (Wildman–Crippen MR) is 109 cm³/mol. The third-order valence-electron chi connectivity index (χ3n) is 4.89. The highest BCUT2D eigenvalue weighted by Gasteiger charge is 2.30. The van der Waals surface area contributed by atoms with Crippen molar-refractivity contribution in [1.82, 2.24) is 10.3 Å². The Bertz CT molecular complexity index is 1050. The number of hydrogen-bond acceptors (Lipinski definition) is 4. The van der Waals surface area contributed by atoms with Crippen molar-refractivity contribution >= 4 is 23.4 Å². The van der Waals surface area contributed by atoms with Crippen molar-refractivity contribution in [1.29, 1.82) is 0 Å². The molecule has 3 aromatic rings. The molecule has 6 nitrogen and oxygen atoms in total. The minimum Gasteiger partial charge on any atom is -0.348 e. The van der Waals surface area contributed by atoms with Crippen LogP contribution in [-0.2, 0) is 16.1 Å². The molecule has 1 fully saturated rings. The molecule has 1 aromatic heterocycles. The fourth-order valence-corrected chi connectivity index (χ4v) is 3.39. The lowest BCUT2D eigenvalue weighted by Gasteiger charge is -2.14. The molecular weight excluding hydrogens is 366 g/mol. The number of pyridine rings is 1. The van der Waals surface area contributed by atoms with Gasteiger partial charge in [-0.05, 0) is 53.1 Å². The van der Waals surface area contributed by atoms with E-state index in [1.54, 1.807) is 36.7 Å². The molecule has 0 unspecified atom stereocenters. The molecule has 0 bridgehead atoms. The third-order valence-corrected chi connectivity index (χ3v) is 4.89. The molecule has 2 aromatic carbocycles. The lowest BCUT2D eigenvalue weighted by molar-refractivity contribution is -0.121. The van der Waals surface area contributed by atoms with E-state index < -0.39 is 0 Å². The molecule has 4 rings (SSSR count). The molecule has 0 atom stereocenters. The van der Waals surface area contributed by atoms with Crippen LogP contribution in [0.2, 0.25) is 0 Å². The summed E-state index contributed by atoms with van der Waals surface area (Å²) in [6, 6.07) is 18.2. The molecular formula is C23H19N3O3. The van der Waals surface area contributed by atoms with Crippen molar-refractivity contribution in [3.8, 4) is 11.1 Å². The van der Waals surface area contributed by atoms with Crippen molar-refractivity contribution < 1.29 is 14.4 Å². The van der Waals surface area contributed by atoms with Gasteiger partial charge in [0.05, 0.1) is 5.69 Å². The summed E-state index contributed by atoms with van der Waals surface area (Å²) in [5.74, 6) is -0.639. The maximum Gasteiger partial charge on any atom is 0.251 e. The van der Waals surface area contributed by atoms with Crippen LogP contribution in [0.15, 0.2) is 73.1 Å². The fourth-order valence-electron chi connectivity index (χ4n) is 3.39. The summed E-state index contributed by atoms with van der Waals surface area (Å²) < 4.78 is 0.